The third kappa shape index (κ3) is 2.21. The Morgan fingerprint density at radius 1 is 1.33 bits per heavy atom. The lowest BCUT2D eigenvalue weighted by molar-refractivity contribution is 0.151. The average molecular weight is 205 g/mol. The van der Waals surface area contributed by atoms with Crippen molar-refractivity contribution in [2.75, 3.05) is 6.54 Å². The van der Waals surface area contributed by atoms with Crippen LogP contribution in [-0.4, -0.2) is 11.7 Å². The van der Waals surface area contributed by atoms with Crippen LogP contribution < -0.4 is 5.73 Å². The summed E-state index contributed by atoms with van der Waals surface area (Å²) in [6, 6.07) is 8.34. The van der Waals surface area contributed by atoms with Gasteiger partial charge in [0.1, 0.15) is 0 Å². The third-order valence-corrected chi connectivity index (χ3v) is 3.34. The lowest BCUT2D eigenvalue weighted by Crippen LogP contribution is -2.06. The first kappa shape index (κ1) is 10.7. The highest BCUT2D eigenvalue weighted by Gasteiger charge is 2.41. The van der Waals surface area contributed by atoms with Gasteiger partial charge in [-0.05, 0) is 42.9 Å². The molecule has 1 saturated carbocycles. The molecule has 1 aliphatic carbocycles. The summed E-state index contributed by atoms with van der Waals surface area (Å²) in [4.78, 5) is 0. The minimum Gasteiger partial charge on any atom is -0.385 e. The van der Waals surface area contributed by atoms with Gasteiger partial charge in [-0.2, -0.15) is 0 Å². The molecule has 0 bridgehead atoms. The number of benzene rings is 1. The fourth-order valence-corrected chi connectivity index (χ4v) is 1.95. The molecule has 1 atom stereocenters. The SMILES string of the molecule is CC(CCN)c1ccc(C2(O)CC2)cc1. The largest absolute Gasteiger partial charge is 0.385 e. The van der Waals surface area contributed by atoms with Crippen LogP contribution in [0.25, 0.3) is 0 Å². The van der Waals surface area contributed by atoms with Gasteiger partial charge in [0.05, 0.1) is 5.60 Å². The van der Waals surface area contributed by atoms with Crippen LogP contribution in [0.2, 0.25) is 0 Å². The number of hydrogen-bond acceptors (Lipinski definition) is 2. The minimum absolute atomic E-state index is 0.504. The van der Waals surface area contributed by atoms with E-state index in [1.54, 1.807) is 0 Å². The number of rotatable bonds is 4. The van der Waals surface area contributed by atoms with Gasteiger partial charge in [-0.3, -0.25) is 0 Å². The van der Waals surface area contributed by atoms with E-state index >= 15 is 0 Å². The summed E-state index contributed by atoms with van der Waals surface area (Å²) in [5.74, 6) is 0.512. The maximum Gasteiger partial charge on any atom is 0.0899 e. The van der Waals surface area contributed by atoms with E-state index in [0.717, 1.165) is 31.4 Å². The summed E-state index contributed by atoms with van der Waals surface area (Å²) in [6.07, 6.45) is 2.83. The van der Waals surface area contributed by atoms with Gasteiger partial charge in [0, 0.05) is 0 Å². The highest BCUT2D eigenvalue weighted by Crippen LogP contribution is 2.45. The quantitative estimate of drug-likeness (QED) is 0.791. The van der Waals surface area contributed by atoms with Crippen LogP contribution in [0.5, 0.6) is 0 Å². The van der Waals surface area contributed by atoms with Crippen molar-refractivity contribution in [1.82, 2.24) is 0 Å². The van der Waals surface area contributed by atoms with E-state index in [0.29, 0.717) is 5.92 Å². The Labute approximate surface area is 91.1 Å². The highest BCUT2D eigenvalue weighted by molar-refractivity contribution is 5.31. The standard InChI is InChI=1S/C13H19NO/c1-10(6-9-14)11-2-4-12(5-3-11)13(15)7-8-13/h2-5,10,15H,6-9,14H2,1H3. The molecule has 1 fully saturated rings. The van der Waals surface area contributed by atoms with Gasteiger partial charge in [0.15, 0.2) is 0 Å². The Morgan fingerprint density at radius 3 is 2.40 bits per heavy atom. The van der Waals surface area contributed by atoms with Gasteiger partial charge < -0.3 is 10.8 Å². The van der Waals surface area contributed by atoms with Crippen LogP contribution >= 0.6 is 0 Å². The molecule has 0 aliphatic heterocycles. The van der Waals surface area contributed by atoms with Crippen molar-refractivity contribution < 1.29 is 5.11 Å². The van der Waals surface area contributed by atoms with Crippen molar-refractivity contribution >= 4 is 0 Å². The fourth-order valence-electron chi connectivity index (χ4n) is 1.95. The lowest BCUT2D eigenvalue weighted by atomic mass is 9.95. The van der Waals surface area contributed by atoms with Gasteiger partial charge >= 0.3 is 0 Å². The maximum absolute atomic E-state index is 9.91. The first-order chi connectivity index (χ1) is 7.15. The predicted octanol–water partition coefficient (Wildman–Crippen LogP) is 2.12. The van der Waals surface area contributed by atoms with Crippen LogP contribution in [0, 0.1) is 0 Å². The van der Waals surface area contributed by atoms with E-state index < -0.39 is 5.60 Å². The number of aliphatic hydroxyl groups is 1. The van der Waals surface area contributed by atoms with E-state index in [-0.39, 0.29) is 0 Å². The van der Waals surface area contributed by atoms with E-state index in [1.165, 1.54) is 5.56 Å². The zero-order valence-corrected chi connectivity index (χ0v) is 9.24. The first-order valence-corrected chi connectivity index (χ1v) is 5.68. The monoisotopic (exact) mass is 205 g/mol. The van der Waals surface area contributed by atoms with Gasteiger partial charge in [-0.1, -0.05) is 31.2 Å². The molecule has 2 rings (SSSR count). The summed E-state index contributed by atoms with van der Waals surface area (Å²) in [5, 5.41) is 9.91. The Kier molecular flexibility index (Phi) is 2.81. The Hall–Kier alpha value is -0.860. The Balaban J connectivity index is 2.10. The molecule has 0 aromatic heterocycles. The second-order valence-corrected chi connectivity index (χ2v) is 4.63. The van der Waals surface area contributed by atoms with Crippen molar-refractivity contribution in [2.45, 2.75) is 37.7 Å². The first-order valence-electron chi connectivity index (χ1n) is 5.68. The zero-order valence-electron chi connectivity index (χ0n) is 9.24. The van der Waals surface area contributed by atoms with E-state index in [1.807, 2.05) is 0 Å². The second-order valence-electron chi connectivity index (χ2n) is 4.63. The highest BCUT2D eigenvalue weighted by atomic mass is 16.3. The van der Waals surface area contributed by atoms with E-state index in [2.05, 4.69) is 31.2 Å². The molecule has 0 radical (unpaired) electrons. The molecule has 0 amide bonds. The summed E-state index contributed by atoms with van der Waals surface area (Å²) in [6.45, 7) is 2.92. The van der Waals surface area contributed by atoms with Gasteiger partial charge in [0.2, 0.25) is 0 Å². The topological polar surface area (TPSA) is 46.2 Å². The van der Waals surface area contributed by atoms with Crippen LogP contribution in [-0.2, 0) is 5.60 Å². The number of hydrogen-bond donors (Lipinski definition) is 2. The van der Waals surface area contributed by atoms with Crippen molar-refractivity contribution in [2.24, 2.45) is 5.73 Å². The van der Waals surface area contributed by atoms with Crippen LogP contribution in [0.15, 0.2) is 24.3 Å². The van der Waals surface area contributed by atoms with Crippen molar-refractivity contribution in [3.8, 4) is 0 Å². The average Bonchev–Trinajstić information content (AvgIpc) is 2.99. The molecule has 2 heteroatoms. The van der Waals surface area contributed by atoms with Crippen molar-refractivity contribution in [3.63, 3.8) is 0 Å². The molecule has 1 aromatic carbocycles. The van der Waals surface area contributed by atoms with Crippen LogP contribution in [0.1, 0.15) is 43.2 Å². The molecule has 0 saturated heterocycles. The van der Waals surface area contributed by atoms with Gasteiger partial charge in [-0.15, -0.1) is 0 Å². The van der Waals surface area contributed by atoms with Gasteiger partial charge in [0.25, 0.3) is 0 Å². The second kappa shape index (κ2) is 3.95. The van der Waals surface area contributed by atoms with Crippen molar-refractivity contribution in [1.29, 1.82) is 0 Å². The predicted molar refractivity (Wildman–Crippen MR) is 61.7 cm³/mol. The van der Waals surface area contributed by atoms with E-state index in [9.17, 15) is 5.11 Å². The summed E-state index contributed by atoms with van der Waals surface area (Å²) in [5.41, 5.74) is 7.41. The fraction of sp³-hybridized carbons (Fsp3) is 0.538. The smallest absolute Gasteiger partial charge is 0.0899 e. The number of nitrogens with two attached hydrogens (primary N) is 1. The third-order valence-electron chi connectivity index (χ3n) is 3.34. The molecule has 1 aliphatic rings. The summed E-state index contributed by atoms with van der Waals surface area (Å²) < 4.78 is 0. The molecular weight excluding hydrogens is 186 g/mol. The molecule has 0 spiro atoms. The molecule has 0 heterocycles. The van der Waals surface area contributed by atoms with Gasteiger partial charge in [-0.25, -0.2) is 0 Å². The molecule has 1 unspecified atom stereocenters. The summed E-state index contributed by atoms with van der Waals surface area (Å²) in [7, 11) is 0. The molecule has 3 N–H and O–H groups in total. The lowest BCUT2D eigenvalue weighted by Gasteiger charge is -2.13. The Bertz CT molecular complexity index is 327. The normalized spacial score (nSPS) is 19.9. The molecular formula is C13H19NO. The summed E-state index contributed by atoms with van der Waals surface area (Å²) >= 11 is 0. The zero-order chi connectivity index (χ0) is 10.9. The van der Waals surface area contributed by atoms with Crippen molar-refractivity contribution in [3.05, 3.63) is 35.4 Å². The molecule has 1 aromatic rings. The van der Waals surface area contributed by atoms with E-state index in [4.69, 9.17) is 5.73 Å². The maximum atomic E-state index is 9.91. The van der Waals surface area contributed by atoms with Crippen LogP contribution in [0.3, 0.4) is 0 Å². The van der Waals surface area contributed by atoms with Crippen LogP contribution in [0.4, 0.5) is 0 Å². The molecule has 2 nitrogen and oxygen atoms in total. The minimum atomic E-state index is -0.504. The molecule has 82 valence electrons. The molecule has 15 heavy (non-hydrogen) atoms. The Morgan fingerprint density at radius 2 is 1.93 bits per heavy atom.